The van der Waals surface area contributed by atoms with Gasteiger partial charge in [-0.05, 0) is 20.8 Å². The number of carbonyl (C=O) groups is 4. The zero-order valence-corrected chi connectivity index (χ0v) is 11.3. The van der Waals surface area contributed by atoms with Crippen molar-refractivity contribution in [3.05, 3.63) is 0 Å². The fraction of sp³-hybridized carbons (Fsp3) is 0.636. The van der Waals surface area contributed by atoms with Crippen molar-refractivity contribution >= 4 is 23.8 Å². The molecule has 0 aliphatic carbocycles. The van der Waals surface area contributed by atoms with Crippen molar-refractivity contribution < 1.29 is 23.9 Å². The highest BCUT2D eigenvalue weighted by atomic mass is 16.5. The average molecular weight is 271 g/mol. The number of imide groups is 1. The molecule has 1 aliphatic heterocycles. The molecular formula is C11H17N3O5. The van der Waals surface area contributed by atoms with Crippen LogP contribution in [0.1, 0.15) is 20.8 Å². The Bertz CT molecular complexity index is 432. The molecule has 0 radical (unpaired) electrons. The van der Waals surface area contributed by atoms with Crippen molar-refractivity contribution in [1.82, 2.24) is 15.5 Å². The predicted octanol–water partition coefficient (Wildman–Crippen LogP) is -1.01. The third kappa shape index (κ3) is 3.21. The Morgan fingerprint density at radius 3 is 2.42 bits per heavy atom. The van der Waals surface area contributed by atoms with Gasteiger partial charge in [0.2, 0.25) is 5.91 Å². The highest BCUT2D eigenvalue weighted by Gasteiger charge is 2.44. The van der Waals surface area contributed by atoms with Crippen LogP contribution in [-0.2, 0) is 19.1 Å². The summed E-state index contributed by atoms with van der Waals surface area (Å²) in [4.78, 5) is 46.9. The maximum Gasteiger partial charge on any atom is 0.328 e. The number of carbonyl (C=O) groups excluding carboxylic acids is 4. The molecule has 106 valence electrons. The van der Waals surface area contributed by atoms with Crippen molar-refractivity contribution in [2.45, 2.75) is 32.4 Å². The second kappa shape index (κ2) is 5.25. The van der Waals surface area contributed by atoms with Crippen LogP contribution in [0.3, 0.4) is 0 Å². The fourth-order valence-electron chi connectivity index (χ4n) is 1.63. The minimum Gasteiger partial charge on any atom is -0.467 e. The molecule has 0 spiro atoms. The smallest absolute Gasteiger partial charge is 0.328 e. The van der Waals surface area contributed by atoms with Crippen LogP contribution in [0.5, 0.6) is 0 Å². The lowest BCUT2D eigenvalue weighted by atomic mass is 10.1. The first kappa shape index (κ1) is 14.9. The zero-order valence-electron chi connectivity index (χ0n) is 11.3. The van der Waals surface area contributed by atoms with Gasteiger partial charge in [0, 0.05) is 0 Å². The minimum absolute atomic E-state index is 0.435. The van der Waals surface area contributed by atoms with Crippen molar-refractivity contribution in [3.63, 3.8) is 0 Å². The Morgan fingerprint density at radius 2 is 2.00 bits per heavy atom. The number of hydrogen-bond acceptors (Lipinski definition) is 5. The van der Waals surface area contributed by atoms with Crippen LogP contribution < -0.4 is 10.6 Å². The molecule has 1 saturated heterocycles. The molecular weight excluding hydrogens is 254 g/mol. The van der Waals surface area contributed by atoms with E-state index in [0.29, 0.717) is 0 Å². The van der Waals surface area contributed by atoms with Crippen LogP contribution >= 0.6 is 0 Å². The van der Waals surface area contributed by atoms with E-state index in [1.54, 1.807) is 13.8 Å². The first-order valence-corrected chi connectivity index (χ1v) is 5.70. The molecule has 0 bridgehead atoms. The normalized spacial score (nSPS) is 18.8. The van der Waals surface area contributed by atoms with E-state index < -0.39 is 41.9 Å². The summed E-state index contributed by atoms with van der Waals surface area (Å²) < 4.78 is 4.44. The molecule has 1 rings (SSSR count). The Morgan fingerprint density at radius 1 is 1.42 bits per heavy atom. The molecule has 19 heavy (non-hydrogen) atoms. The van der Waals surface area contributed by atoms with Gasteiger partial charge in [-0.25, -0.2) is 9.59 Å². The van der Waals surface area contributed by atoms with Gasteiger partial charge in [0.05, 0.1) is 7.11 Å². The Labute approximate surface area is 110 Å². The lowest BCUT2D eigenvalue weighted by molar-refractivity contribution is -0.144. The van der Waals surface area contributed by atoms with E-state index in [0.717, 1.165) is 4.90 Å². The second-order valence-corrected chi connectivity index (χ2v) is 4.76. The molecule has 2 N–H and O–H groups in total. The molecule has 1 aliphatic rings. The van der Waals surface area contributed by atoms with Gasteiger partial charge in [-0.15, -0.1) is 0 Å². The first-order chi connectivity index (χ1) is 8.69. The molecule has 1 atom stereocenters. The quantitative estimate of drug-likeness (QED) is 0.504. The third-order valence-electron chi connectivity index (χ3n) is 2.68. The second-order valence-electron chi connectivity index (χ2n) is 4.76. The van der Waals surface area contributed by atoms with Crippen molar-refractivity contribution in [2.75, 3.05) is 13.7 Å². The van der Waals surface area contributed by atoms with Gasteiger partial charge in [-0.2, -0.15) is 0 Å². The summed E-state index contributed by atoms with van der Waals surface area (Å²) in [6.07, 6.45) is 0. The van der Waals surface area contributed by atoms with E-state index in [2.05, 4.69) is 15.4 Å². The van der Waals surface area contributed by atoms with E-state index in [-0.39, 0.29) is 0 Å². The molecule has 8 heteroatoms. The van der Waals surface area contributed by atoms with Gasteiger partial charge < -0.3 is 15.4 Å². The van der Waals surface area contributed by atoms with Gasteiger partial charge in [-0.3, -0.25) is 14.5 Å². The number of methoxy groups -OCH3 is 1. The molecule has 0 aromatic carbocycles. The minimum atomic E-state index is -1.02. The summed E-state index contributed by atoms with van der Waals surface area (Å²) >= 11 is 0. The SMILES string of the molecule is COC(=O)C(C)NC(=O)CN1C(=O)NC(C)(C)C1=O. The maximum absolute atomic E-state index is 11.8. The van der Waals surface area contributed by atoms with Crippen molar-refractivity contribution in [3.8, 4) is 0 Å². The van der Waals surface area contributed by atoms with Crippen LogP contribution in [0.15, 0.2) is 0 Å². The zero-order chi connectivity index (χ0) is 14.8. The highest BCUT2D eigenvalue weighted by molar-refractivity contribution is 6.08. The van der Waals surface area contributed by atoms with E-state index in [1.807, 2.05) is 0 Å². The highest BCUT2D eigenvalue weighted by Crippen LogP contribution is 2.15. The number of amides is 4. The number of urea groups is 1. The summed E-state index contributed by atoms with van der Waals surface area (Å²) in [5.74, 6) is -1.71. The van der Waals surface area contributed by atoms with Gasteiger partial charge in [0.1, 0.15) is 18.1 Å². The Balaban J connectivity index is 2.61. The number of ether oxygens (including phenoxy) is 1. The van der Waals surface area contributed by atoms with Crippen LogP contribution in [0.25, 0.3) is 0 Å². The molecule has 1 heterocycles. The molecule has 1 unspecified atom stereocenters. The topological polar surface area (TPSA) is 105 Å². The third-order valence-corrected chi connectivity index (χ3v) is 2.68. The van der Waals surface area contributed by atoms with Crippen LogP contribution in [0, 0.1) is 0 Å². The van der Waals surface area contributed by atoms with Crippen LogP contribution in [0.4, 0.5) is 4.79 Å². The average Bonchev–Trinajstić information content (AvgIpc) is 2.50. The summed E-state index contributed by atoms with van der Waals surface area (Å²) in [5, 5.41) is 4.79. The number of rotatable bonds is 4. The Hall–Kier alpha value is -2.12. The van der Waals surface area contributed by atoms with Gasteiger partial charge in [0.15, 0.2) is 0 Å². The van der Waals surface area contributed by atoms with Crippen molar-refractivity contribution in [2.24, 2.45) is 0 Å². The van der Waals surface area contributed by atoms with E-state index in [9.17, 15) is 19.2 Å². The number of nitrogens with one attached hydrogen (secondary N) is 2. The number of hydrogen-bond donors (Lipinski definition) is 2. The lowest BCUT2D eigenvalue weighted by Crippen LogP contribution is -2.47. The molecule has 1 fully saturated rings. The van der Waals surface area contributed by atoms with Crippen LogP contribution in [-0.4, -0.2) is 54.0 Å². The molecule has 0 aromatic rings. The van der Waals surface area contributed by atoms with Gasteiger partial charge in [0.25, 0.3) is 5.91 Å². The fourth-order valence-corrected chi connectivity index (χ4v) is 1.63. The van der Waals surface area contributed by atoms with E-state index in [4.69, 9.17) is 0 Å². The maximum atomic E-state index is 11.8. The van der Waals surface area contributed by atoms with E-state index >= 15 is 0 Å². The summed E-state index contributed by atoms with van der Waals surface area (Å²) in [5.41, 5.74) is -1.02. The number of esters is 1. The summed E-state index contributed by atoms with van der Waals surface area (Å²) in [6, 6.07) is -1.47. The monoisotopic (exact) mass is 271 g/mol. The largest absolute Gasteiger partial charge is 0.467 e. The van der Waals surface area contributed by atoms with Gasteiger partial charge >= 0.3 is 12.0 Å². The standard InChI is InChI=1S/C11H17N3O5/c1-6(8(16)19-4)12-7(15)5-14-9(17)11(2,3)13-10(14)18/h6H,5H2,1-4H3,(H,12,15)(H,13,18). The molecule has 8 nitrogen and oxygen atoms in total. The molecule has 0 aromatic heterocycles. The molecule has 4 amide bonds. The lowest BCUT2D eigenvalue weighted by Gasteiger charge is -2.17. The first-order valence-electron chi connectivity index (χ1n) is 5.70. The van der Waals surface area contributed by atoms with Crippen molar-refractivity contribution in [1.29, 1.82) is 0 Å². The molecule has 0 saturated carbocycles. The Kier molecular flexibility index (Phi) is 4.13. The summed E-state index contributed by atoms with van der Waals surface area (Å²) in [7, 11) is 1.20. The summed E-state index contributed by atoms with van der Waals surface area (Å²) in [6.45, 7) is 4.10. The predicted molar refractivity (Wildman–Crippen MR) is 63.9 cm³/mol. The van der Waals surface area contributed by atoms with E-state index in [1.165, 1.54) is 14.0 Å². The van der Waals surface area contributed by atoms with Gasteiger partial charge in [-0.1, -0.05) is 0 Å². The number of nitrogens with zero attached hydrogens (tertiary/aromatic N) is 1. The van der Waals surface area contributed by atoms with Crippen LogP contribution in [0.2, 0.25) is 0 Å².